The van der Waals surface area contributed by atoms with Crippen LogP contribution in [0.2, 0.25) is 18.1 Å². The van der Waals surface area contributed by atoms with Gasteiger partial charge in [-0.3, -0.25) is 9.78 Å². The van der Waals surface area contributed by atoms with Crippen molar-refractivity contribution >= 4 is 14.1 Å². The van der Waals surface area contributed by atoms with Crippen molar-refractivity contribution in [2.45, 2.75) is 45.5 Å². The molecule has 0 fully saturated rings. The molecule has 140 valence electrons. The first kappa shape index (κ1) is 20.3. The number of halogens is 3. The van der Waals surface area contributed by atoms with Crippen molar-refractivity contribution in [3.8, 4) is 0 Å². The monoisotopic (exact) mass is 381 g/mol. The normalized spacial score (nSPS) is 12.3. The van der Waals surface area contributed by atoms with Crippen molar-refractivity contribution in [3.63, 3.8) is 0 Å². The first-order chi connectivity index (χ1) is 11.9. The predicted molar refractivity (Wildman–Crippen MR) is 96.0 cm³/mol. The molecule has 0 bridgehead atoms. The fourth-order valence-corrected chi connectivity index (χ4v) is 2.92. The highest BCUT2D eigenvalue weighted by Crippen LogP contribution is 2.37. The van der Waals surface area contributed by atoms with Gasteiger partial charge in [0.15, 0.2) is 25.8 Å². The van der Waals surface area contributed by atoms with Crippen LogP contribution in [-0.4, -0.2) is 19.1 Å². The number of benzene rings is 1. The molecule has 2 rings (SSSR count). The summed E-state index contributed by atoms with van der Waals surface area (Å²) >= 11 is 0. The number of pyridine rings is 1. The number of hydrogen-bond acceptors (Lipinski definition) is 3. The second kappa shape index (κ2) is 7.32. The maximum Gasteiger partial charge on any atom is 0.211 e. The van der Waals surface area contributed by atoms with E-state index >= 15 is 0 Å². The molecule has 0 unspecified atom stereocenters. The van der Waals surface area contributed by atoms with Gasteiger partial charge in [0.05, 0.1) is 6.61 Å². The summed E-state index contributed by atoms with van der Waals surface area (Å²) in [5.41, 5.74) is 0.522. The van der Waals surface area contributed by atoms with E-state index in [1.54, 1.807) is 6.07 Å². The zero-order valence-electron chi connectivity index (χ0n) is 15.5. The fraction of sp³-hybridized carbons (Fsp3) is 0.368. The van der Waals surface area contributed by atoms with E-state index in [2.05, 4.69) is 38.8 Å². The maximum atomic E-state index is 13.3. The Morgan fingerprint density at radius 2 is 1.69 bits per heavy atom. The second-order valence-electron chi connectivity index (χ2n) is 7.68. The molecule has 0 atom stereocenters. The number of carbonyl (C=O) groups excluding carboxylic acids is 1. The van der Waals surface area contributed by atoms with Crippen molar-refractivity contribution < 1.29 is 22.4 Å². The first-order valence-electron chi connectivity index (χ1n) is 8.20. The van der Waals surface area contributed by atoms with E-state index < -0.39 is 31.6 Å². The molecule has 1 heterocycles. The van der Waals surface area contributed by atoms with Gasteiger partial charge in [-0.2, -0.15) is 0 Å². The SMILES string of the molecule is CC(C)(C)[Si](C)(C)OCc1ccc(C(=O)c2cc(F)c(F)c(F)c2)nc1. The second-order valence-corrected chi connectivity index (χ2v) is 12.5. The molecule has 1 aromatic carbocycles. The smallest absolute Gasteiger partial charge is 0.211 e. The minimum absolute atomic E-state index is 0.0199. The van der Waals surface area contributed by atoms with Crippen LogP contribution in [0, 0.1) is 17.5 Å². The van der Waals surface area contributed by atoms with Gasteiger partial charge in [0.25, 0.3) is 0 Å². The van der Waals surface area contributed by atoms with Gasteiger partial charge in [0.2, 0.25) is 5.78 Å². The third-order valence-electron chi connectivity index (χ3n) is 4.71. The van der Waals surface area contributed by atoms with Gasteiger partial charge in [0.1, 0.15) is 5.69 Å². The van der Waals surface area contributed by atoms with E-state index in [9.17, 15) is 18.0 Å². The Labute approximate surface area is 152 Å². The molecule has 0 amide bonds. The summed E-state index contributed by atoms with van der Waals surface area (Å²) in [6.45, 7) is 11.1. The van der Waals surface area contributed by atoms with Gasteiger partial charge in [-0.1, -0.05) is 26.8 Å². The molecule has 0 aliphatic carbocycles. The molecule has 0 saturated carbocycles. The van der Waals surface area contributed by atoms with Crippen molar-refractivity contribution in [1.29, 1.82) is 0 Å². The van der Waals surface area contributed by atoms with Gasteiger partial charge < -0.3 is 4.43 Å². The third kappa shape index (κ3) is 4.39. The van der Waals surface area contributed by atoms with E-state index in [0.29, 0.717) is 18.7 Å². The Bertz CT molecular complexity index is 792. The van der Waals surface area contributed by atoms with E-state index in [0.717, 1.165) is 5.56 Å². The molecule has 0 aliphatic heterocycles. The van der Waals surface area contributed by atoms with Crippen LogP contribution in [0.4, 0.5) is 13.2 Å². The van der Waals surface area contributed by atoms with Gasteiger partial charge in [-0.15, -0.1) is 0 Å². The topological polar surface area (TPSA) is 39.2 Å². The van der Waals surface area contributed by atoms with E-state index in [4.69, 9.17) is 4.43 Å². The largest absolute Gasteiger partial charge is 0.413 e. The molecule has 0 saturated heterocycles. The summed E-state index contributed by atoms with van der Waals surface area (Å²) in [4.78, 5) is 16.3. The summed E-state index contributed by atoms with van der Waals surface area (Å²) in [5.74, 6) is -5.10. The van der Waals surface area contributed by atoms with Crippen LogP contribution in [0.1, 0.15) is 42.4 Å². The predicted octanol–water partition coefficient (Wildman–Crippen LogP) is 5.25. The van der Waals surface area contributed by atoms with Crippen molar-refractivity contribution in [2.75, 3.05) is 0 Å². The Morgan fingerprint density at radius 3 is 2.15 bits per heavy atom. The maximum absolute atomic E-state index is 13.3. The zero-order chi connectivity index (χ0) is 19.7. The molecule has 0 aliphatic rings. The third-order valence-corrected chi connectivity index (χ3v) is 9.19. The molecule has 0 radical (unpaired) electrons. The molecule has 3 nitrogen and oxygen atoms in total. The summed E-state index contributed by atoms with van der Waals surface area (Å²) < 4.78 is 45.7. The van der Waals surface area contributed by atoms with E-state index in [-0.39, 0.29) is 16.3 Å². The van der Waals surface area contributed by atoms with Crippen LogP contribution < -0.4 is 0 Å². The first-order valence-corrected chi connectivity index (χ1v) is 11.1. The Kier molecular flexibility index (Phi) is 5.72. The Morgan fingerprint density at radius 1 is 1.12 bits per heavy atom. The van der Waals surface area contributed by atoms with Crippen molar-refractivity contribution in [3.05, 3.63) is 64.7 Å². The highest BCUT2D eigenvalue weighted by atomic mass is 28.4. The van der Waals surface area contributed by atoms with E-state index in [1.165, 1.54) is 12.3 Å². The molecule has 26 heavy (non-hydrogen) atoms. The Hall–Kier alpha value is -1.99. The molecule has 7 heteroatoms. The summed E-state index contributed by atoms with van der Waals surface area (Å²) in [6, 6.07) is 4.48. The lowest BCUT2D eigenvalue weighted by atomic mass is 10.1. The van der Waals surface area contributed by atoms with E-state index in [1.807, 2.05) is 0 Å². The lowest BCUT2D eigenvalue weighted by Gasteiger charge is -2.36. The van der Waals surface area contributed by atoms with Gasteiger partial charge >= 0.3 is 0 Å². The summed E-state index contributed by atoms with van der Waals surface area (Å²) in [6.07, 6.45) is 1.50. The average Bonchev–Trinajstić information content (AvgIpc) is 2.56. The number of aromatic nitrogens is 1. The molecular formula is C19H22F3NO2Si. The van der Waals surface area contributed by atoms with Crippen LogP contribution in [0.15, 0.2) is 30.5 Å². The number of rotatable bonds is 5. The number of hydrogen-bond donors (Lipinski definition) is 0. The van der Waals surface area contributed by atoms with Gasteiger partial charge in [-0.25, -0.2) is 13.2 Å². The lowest BCUT2D eigenvalue weighted by Crippen LogP contribution is -2.40. The lowest BCUT2D eigenvalue weighted by molar-refractivity contribution is 0.103. The van der Waals surface area contributed by atoms with Crippen LogP contribution in [-0.2, 0) is 11.0 Å². The number of nitrogens with zero attached hydrogens (tertiary/aromatic N) is 1. The van der Waals surface area contributed by atoms with Crippen LogP contribution in [0.3, 0.4) is 0 Å². The highest BCUT2D eigenvalue weighted by Gasteiger charge is 2.37. The fourth-order valence-electron chi connectivity index (χ4n) is 1.96. The summed E-state index contributed by atoms with van der Waals surface area (Å²) in [7, 11) is -1.91. The van der Waals surface area contributed by atoms with Gasteiger partial charge in [0, 0.05) is 11.8 Å². The number of carbonyl (C=O) groups is 1. The van der Waals surface area contributed by atoms with Gasteiger partial charge in [-0.05, 0) is 41.9 Å². The minimum Gasteiger partial charge on any atom is -0.413 e. The standard InChI is InChI=1S/C19H22F3NO2Si/c1-19(2,3)26(4,5)25-11-12-6-7-16(23-10-12)18(24)13-8-14(20)17(22)15(21)9-13/h6-10H,11H2,1-5H3. The molecular weight excluding hydrogens is 359 g/mol. The zero-order valence-corrected chi connectivity index (χ0v) is 16.5. The average molecular weight is 381 g/mol. The van der Waals surface area contributed by atoms with Crippen molar-refractivity contribution in [2.24, 2.45) is 0 Å². The highest BCUT2D eigenvalue weighted by molar-refractivity contribution is 6.74. The molecule has 0 N–H and O–H groups in total. The van der Waals surface area contributed by atoms with Crippen LogP contribution in [0.5, 0.6) is 0 Å². The molecule has 0 spiro atoms. The Balaban J connectivity index is 2.13. The number of ketones is 1. The van der Waals surface area contributed by atoms with Crippen molar-refractivity contribution in [1.82, 2.24) is 4.98 Å². The summed E-state index contributed by atoms with van der Waals surface area (Å²) in [5, 5.41) is 0.0765. The quantitative estimate of drug-likeness (QED) is 0.403. The minimum atomic E-state index is -1.91. The molecule has 2 aromatic rings. The molecule has 1 aromatic heterocycles. The van der Waals surface area contributed by atoms with Crippen LogP contribution >= 0.6 is 0 Å². The van der Waals surface area contributed by atoms with Crippen LogP contribution in [0.25, 0.3) is 0 Å².